The van der Waals surface area contributed by atoms with Crippen LogP contribution in [-0.4, -0.2) is 8.42 Å². The first kappa shape index (κ1) is 12.2. The summed E-state index contributed by atoms with van der Waals surface area (Å²) in [7, 11) is 1.58. The van der Waals surface area contributed by atoms with Crippen molar-refractivity contribution < 1.29 is 12.8 Å². The normalized spacial score (nSPS) is 11.6. The predicted molar refractivity (Wildman–Crippen MR) is 67.4 cm³/mol. The van der Waals surface area contributed by atoms with Gasteiger partial charge in [0.2, 0.25) is 9.05 Å². The van der Waals surface area contributed by atoms with E-state index < -0.39 is 9.05 Å². The molecule has 0 atom stereocenters. The van der Waals surface area contributed by atoms with Crippen molar-refractivity contribution in [1.82, 2.24) is 0 Å². The fraction of sp³-hybridized carbons (Fsp3) is 0.167. The van der Waals surface area contributed by atoms with Gasteiger partial charge in [0.25, 0.3) is 0 Å². The molecule has 1 aromatic heterocycles. The second-order valence-corrected chi connectivity index (χ2v) is 6.59. The van der Waals surface area contributed by atoms with Crippen molar-refractivity contribution in [1.29, 1.82) is 0 Å². The van der Waals surface area contributed by atoms with E-state index in [1.165, 1.54) is 0 Å². The van der Waals surface area contributed by atoms with Crippen molar-refractivity contribution >= 4 is 19.7 Å². The number of hydrogen-bond donors (Lipinski definition) is 0. The molecule has 5 heteroatoms. The Balaban J connectivity index is 2.27. The van der Waals surface area contributed by atoms with Crippen molar-refractivity contribution in [2.75, 3.05) is 0 Å². The number of furan rings is 1. The Morgan fingerprint density at radius 1 is 1.12 bits per heavy atom. The molecule has 0 aliphatic rings. The molecule has 0 saturated carbocycles. The third kappa shape index (κ3) is 3.35. The summed E-state index contributed by atoms with van der Waals surface area (Å²) in [6.07, 6.45) is 0. The van der Waals surface area contributed by atoms with Crippen molar-refractivity contribution in [3.63, 3.8) is 0 Å². The van der Waals surface area contributed by atoms with Crippen molar-refractivity contribution in [3.05, 3.63) is 47.7 Å². The Hall–Kier alpha value is -1.26. The summed E-state index contributed by atoms with van der Waals surface area (Å²) in [5.41, 5.74) is 2.07. The fourth-order valence-electron chi connectivity index (χ4n) is 1.50. The van der Waals surface area contributed by atoms with Gasteiger partial charge in [0.1, 0.15) is 17.3 Å². The maximum atomic E-state index is 10.9. The zero-order valence-corrected chi connectivity index (χ0v) is 10.8. The number of rotatable bonds is 3. The molecule has 2 rings (SSSR count). The molecule has 3 nitrogen and oxygen atoms in total. The van der Waals surface area contributed by atoms with Crippen LogP contribution in [0.15, 0.2) is 40.8 Å². The molecule has 0 aliphatic heterocycles. The monoisotopic (exact) mass is 270 g/mol. The average molecular weight is 271 g/mol. The molecule has 0 saturated heterocycles. The smallest absolute Gasteiger partial charge is 0.239 e. The molecule has 2 aromatic rings. The van der Waals surface area contributed by atoms with Crippen molar-refractivity contribution in [2.45, 2.75) is 12.7 Å². The summed E-state index contributed by atoms with van der Waals surface area (Å²) >= 11 is 0. The predicted octanol–water partition coefficient (Wildman–Crippen LogP) is 3.32. The molecule has 0 fully saturated rings. The van der Waals surface area contributed by atoms with Gasteiger partial charge in [-0.1, -0.05) is 29.8 Å². The first-order chi connectivity index (χ1) is 7.94. The van der Waals surface area contributed by atoms with Crippen molar-refractivity contribution in [3.8, 4) is 11.3 Å². The van der Waals surface area contributed by atoms with Crippen LogP contribution in [0.3, 0.4) is 0 Å². The molecule has 0 spiro atoms. The SMILES string of the molecule is Cc1ccc(-c2ccc(CS(=O)(=O)Cl)o2)cc1. The van der Waals surface area contributed by atoms with E-state index >= 15 is 0 Å². The summed E-state index contributed by atoms with van der Waals surface area (Å²) in [5.74, 6) is 0.691. The third-order valence-corrected chi connectivity index (χ3v) is 3.27. The van der Waals surface area contributed by atoms with E-state index in [9.17, 15) is 8.42 Å². The van der Waals surface area contributed by atoms with Gasteiger partial charge in [-0.15, -0.1) is 0 Å². The lowest BCUT2D eigenvalue weighted by atomic mass is 10.1. The van der Waals surface area contributed by atoms with Crippen LogP contribution in [0.5, 0.6) is 0 Å². The van der Waals surface area contributed by atoms with E-state index in [0.717, 1.165) is 11.1 Å². The van der Waals surface area contributed by atoms with Crippen molar-refractivity contribution in [2.24, 2.45) is 0 Å². The summed E-state index contributed by atoms with van der Waals surface area (Å²) in [4.78, 5) is 0. The average Bonchev–Trinajstić information content (AvgIpc) is 2.64. The van der Waals surface area contributed by atoms with Gasteiger partial charge >= 0.3 is 0 Å². The lowest BCUT2D eigenvalue weighted by Gasteiger charge is -1.97. The van der Waals surface area contributed by atoms with E-state index in [4.69, 9.17) is 15.1 Å². The highest BCUT2D eigenvalue weighted by molar-refractivity contribution is 8.13. The van der Waals surface area contributed by atoms with E-state index in [2.05, 4.69) is 0 Å². The van der Waals surface area contributed by atoms with Crippen LogP contribution in [0.2, 0.25) is 0 Å². The molecule has 1 aromatic carbocycles. The van der Waals surface area contributed by atoms with Crippen LogP contribution in [0, 0.1) is 6.92 Å². The minimum Gasteiger partial charge on any atom is -0.460 e. The quantitative estimate of drug-likeness (QED) is 0.804. The van der Waals surface area contributed by atoms with Gasteiger partial charge in [0, 0.05) is 16.2 Å². The highest BCUT2D eigenvalue weighted by atomic mass is 35.7. The maximum Gasteiger partial charge on any atom is 0.239 e. The van der Waals surface area contributed by atoms with E-state index in [1.807, 2.05) is 31.2 Å². The zero-order valence-electron chi connectivity index (χ0n) is 9.18. The van der Waals surface area contributed by atoms with Crippen LogP contribution in [-0.2, 0) is 14.8 Å². The molecule has 0 unspecified atom stereocenters. The summed E-state index contributed by atoms with van der Waals surface area (Å²) in [6.45, 7) is 2.00. The van der Waals surface area contributed by atoms with Gasteiger partial charge < -0.3 is 4.42 Å². The highest BCUT2D eigenvalue weighted by Gasteiger charge is 2.11. The van der Waals surface area contributed by atoms with Gasteiger partial charge in [-0.05, 0) is 19.1 Å². The highest BCUT2D eigenvalue weighted by Crippen LogP contribution is 2.23. The van der Waals surface area contributed by atoms with Gasteiger partial charge in [0.15, 0.2) is 0 Å². The number of aryl methyl sites for hydroxylation is 1. The summed E-state index contributed by atoms with van der Waals surface area (Å²) < 4.78 is 27.2. The minimum absolute atomic E-state index is 0.291. The van der Waals surface area contributed by atoms with E-state index in [1.54, 1.807) is 12.1 Å². The van der Waals surface area contributed by atoms with Crippen LogP contribution in [0.1, 0.15) is 11.3 Å². The Kier molecular flexibility index (Phi) is 3.26. The molecule has 17 heavy (non-hydrogen) atoms. The van der Waals surface area contributed by atoms with Crippen LogP contribution in [0.25, 0.3) is 11.3 Å². The molecular weight excluding hydrogens is 260 g/mol. The van der Waals surface area contributed by atoms with Crippen LogP contribution in [0.4, 0.5) is 0 Å². The van der Waals surface area contributed by atoms with E-state index in [-0.39, 0.29) is 5.75 Å². The molecule has 0 aliphatic carbocycles. The Labute approximate surface area is 104 Å². The molecule has 1 heterocycles. The lowest BCUT2D eigenvalue weighted by Crippen LogP contribution is -1.92. The lowest BCUT2D eigenvalue weighted by molar-refractivity contribution is 0.535. The molecule has 0 amide bonds. The van der Waals surface area contributed by atoms with Gasteiger partial charge in [-0.25, -0.2) is 8.42 Å². The zero-order chi connectivity index (χ0) is 12.5. The second kappa shape index (κ2) is 4.55. The number of hydrogen-bond acceptors (Lipinski definition) is 3. The van der Waals surface area contributed by atoms with Gasteiger partial charge in [0.05, 0.1) is 0 Å². The Morgan fingerprint density at radius 3 is 2.35 bits per heavy atom. The summed E-state index contributed by atoms with van der Waals surface area (Å²) in [5, 5.41) is 0. The third-order valence-electron chi connectivity index (χ3n) is 2.31. The number of halogens is 1. The molecule has 0 radical (unpaired) electrons. The van der Waals surface area contributed by atoms with Gasteiger partial charge in [-0.3, -0.25) is 0 Å². The first-order valence-corrected chi connectivity index (χ1v) is 7.50. The second-order valence-electron chi connectivity index (χ2n) is 3.82. The first-order valence-electron chi connectivity index (χ1n) is 5.02. The topological polar surface area (TPSA) is 47.3 Å². The minimum atomic E-state index is -3.57. The van der Waals surface area contributed by atoms with Gasteiger partial charge in [-0.2, -0.15) is 0 Å². The standard InChI is InChI=1S/C12H11ClO3S/c1-9-2-4-10(5-3-9)12-7-6-11(16-12)8-17(13,14)15/h2-7H,8H2,1H3. The molecule has 90 valence electrons. The van der Waals surface area contributed by atoms with Crippen LogP contribution < -0.4 is 0 Å². The van der Waals surface area contributed by atoms with Crippen LogP contribution >= 0.6 is 10.7 Å². The number of benzene rings is 1. The molecule has 0 N–H and O–H groups in total. The van der Waals surface area contributed by atoms with E-state index in [0.29, 0.717) is 11.5 Å². The Morgan fingerprint density at radius 2 is 1.76 bits per heavy atom. The maximum absolute atomic E-state index is 10.9. The fourth-order valence-corrected chi connectivity index (χ4v) is 2.32. The Bertz CT molecular complexity index is 611. The largest absolute Gasteiger partial charge is 0.460 e. The summed E-state index contributed by atoms with van der Waals surface area (Å²) in [6, 6.07) is 11.1. The molecular formula is C12H11ClO3S. The molecule has 0 bridgehead atoms.